The number of rotatable bonds is 30. The van der Waals surface area contributed by atoms with Crippen LogP contribution in [0.15, 0.2) is 12.2 Å². The van der Waals surface area contributed by atoms with Crippen molar-refractivity contribution in [3.8, 4) is 0 Å². The molecule has 0 amide bonds. The van der Waals surface area contributed by atoms with E-state index in [0.29, 0.717) is 43.4 Å². The lowest BCUT2D eigenvalue weighted by molar-refractivity contribution is -0.929. The summed E-state index contributed by atoms with van der Waals surface area (Å²) in [7, 11) is 0. The van der Waals surface area contributed by atoms with Gasteiger partial charge in [-0.25, -0.2) is 0 Å². The van der Waals surface area contributed by atoms with E-state index < -0.39 is 17.9 Å². The average molecular weight is 555 g/mol. The fourth-order valence-electron chi connectivity index (χ4n) is 5.42. The Balaban J connectivity index is 4.19. The van der Waals surface area contributed by atoms with Gasteiger partial charge in [0.2, 0.25) is 0 Å². The summed E-state index contributed by atoms with van der Waals surface area (Å²) in [6.07, 6.45) is 26.8. The molecule has 0 spiro atoms. The van der Waals surface area contributed by atoms with Crippen molar-refractivity contribution in [1.82, 2.24) is 0 Å². The van der Waals surface area contributed by atoms with Gasteiger partial charge in [-0.1, -0.05) is 83.3 Å². The van der Waals surface area contributed by atoms with E-state index in [1.165, 1.54) is 89.9 Å². The molecule has 7 nitrogen and oxygen atoms in total. The molecule has 0 aromatic rings. The number of unbranched alkanes of at least 4 members (excludes halogenated alkanes) is 14. The van der Waals surface area contributed by atoms with E-state index in [4.69, 9.17) is 15.3 Å². The van der Waals surface area contributed by atoms with Gasteiger partial charge in [0.05, 0.1) is 45.4 Å². The van der Waals surface area contributed by atoms with E-state index in [9.17, 15) is 14.4 Å². The molecule has 0 aliphatic rings. The summed E-state index contributed by atoms with van der Waals surface area (Å²) in [5, 5.41) is 27.2. The van der Waals surface area contributed by atoms with Gasteiger partial charge < -0.3 is 19.8 Å². The molecule has 0 radical (unpaired) electrons. The first-order chi connectivity index (χ1) is 18.8. The molecule has 0 saturated carbocycles. The van der Waals surface area contributed by atoms with E-state index in [2.05, 4.69) is 19.1 Å². The molecule has 0 aromatic carbocycles. The SMILES string of the molecule is CCCCCCCC/C=C/CCCCCCCCCC[N+](CCCC(=O)O)(CCCC(=O)O)CCCC(=O)O. The van der Waals surface area contributed by atoms with Gasteiger partial charge in [0, 0.05) is 19.3 Å². The standard InChI is InChI=1S/C32H59NO6/c1-2-3-4-5-6-7-8-9-10-11-12-13-14-15-16-17-18-19-26-33(27-20-23-30(34)35,28-21-24-31(36)37)29-22-25-32(38)39/h9-10H,2-8,11-29H2,1H3,(H2-,34,35,36,37,38,39)/p+1/b10-9+. The number of allylic oxidation sites excluding steroid dienone is 2. The van der Waals surface area contributed by atoms with Gasteiger partial charge in [-0.2, -0.15) is 0 Å². The normalized spacial score (nSPS) is 11.8. The van der Waals surface area contributed by atoms with Crippen LogP contribution in [-0.4, -0.2) is 63.9 Å². The molecule has 0 aliphatic carbocycles. The van der Waals surface area contributed by atoms with Crippen LogP contribution < -0.4 is 0 Å². The Hall–Kier alpha value is -1.89. The van der Waals surface area contributed by atoms with Gasteiger partial charge in [-0.15, -0.1) is 0 Å². The zero-order chi connectivity index (χ0) is 29.0. The van der Waals surface area contributed by atoms with Crippen LogP contribution in [0.4, 0.5) is 0 Å². The highest BCUT2D eigenvalue weighted by Crippen LogP contribution is 2.19. The number of quaternary nitrogens is 1. The Morgan fingerprint density at radius 2 is 0.769 bits per heavy atom. The van der Waals surface area contributed by atoms with Gasteiger partial charge >= 0.3 is 17.9 Å². The van der Waals surface area contributed by atoms with Crippen molar-refractivity contribution in [3.63, 3.8) is 0 Å². The number of carboxylic acid groups (broad SMARTS) is 3. The van der Waals surface area contributed by atoms with Crippen LogP contribution in [0.1, 0.15) is 148 Å². The second kappa shape index (κ2) is 26.3. The monoisotopic (exact) mass is 554 g/mol. The third kappa shape index (κ3) is 26.1. The second-order valence-corrected chi connectivity index (χ2v) is 11.4. The smallest absolute Gasteiger partial charge is 0.303 e. The van der Waals surface area contributed by atoms with E-state index in [0.717, 1.165) is 19.4 Å². The topological polar surface area (TPSA) is 112 Å². The molecular weight excluding hydrogens is 494 g/mol. The van der Waals surface area contributed by atoms with Gasteiger partial charge in [0.15, 0.2) is 0 Å². The third-order valence-electron chi connectivity index (χ3n) is 7.71. The van der Waals surface area contributed by atoms with E-state index in [-0.39, 0.29) is 19.3 Å². The molecule has 0 atom stereocenters. The van der Waals surface area contributed by atoms with Crippen LogP contribution in [-0.2, 0) is 14.4 Å². The van der Waals surface area contributed by atoms with Gasteiger partial charge in [0.1, 0.15) is 0 Å². The maximum Gasteiger partial charge on any atom is 0.303 e. The molecule has 3 N–H and O–H groups in total. The number of aliphatic carboxylic acids is 3. The van der Waals surface area contributed by atoms with Gasteiger partial charge in [-0.3, -0.25) is 14.4 Å². The predicted octanol–water partition coefficient (Wildman–Crippen LogP) is 8.22. The highest BCUT2D eigenvalue weighted by atomic mass is 16.4. The van der Waals surface area contributed by atoms with Crippen LogP contribution in [0.5, 0.6) is 0 Å². The maximum absolute atomic E-state index is 11.1. The van der Waals surface area contributed by atoms with Crippen molar-refractivity contribution >= 4 is 17.9 Å². The first-order valence-corrected chi connectivity index (χ1v) is 16.0. The molecule has 228 valence electrons. The summed E-state index contributed by atoms with van der Waals surface area (Å²) in [5.74, 6) is -2.48. The van der Waals surface area contributed by atoms with Crippen LogP contribution in [0.2, 0.25) is 0 Å². The van der Waals surface area contributed by atoms with Crippen molar-refractivity contribution in [2.75, 3.05) is 26.2 Å². The second-order valence-electron chi connectivity index (χ2n) is 11.4. The van der Waals surface area contributed by atoms with Crippen molar-refractivity contribution in [2.24, 2.45) is 0 Å². The van der Waals surface area contributed by atoms with Crippen molar-refractivity contribution in [2.45, 2.75) is 148 Å². The minimum Gasteiger partial charge on any atom is -0.481 e. The number of nitrogens with zero attached hydrogens (tertiary/aromatic N) is 1. The summed E-state index contributed by atoms with van der Waals surface area (Å²) in [4.78, 5) is 33.2. The zero-order valence-electron chi connectivity index (χ0n) is 25.1. The van der Waals surface area contributed by atoms with E-state index in [1.54, 1.807) is 0 Å². The predicted molar refractivity (Wildman–Crippen MR) is 159 cm³/mol. The summed E-state index contributed by atoms with van der Waals surface area (Å²) in [6, 6.07) is 0. The summed E-state index contributed by atoms with van der Waals surface area (Å²) >= 11 is 0. The summed E-state index contributed by atoms with van der Waals surface area (Å²) in [6.45, 7) is 5.12. The molecule has 0 fully saturated rings. The largest absolute Gasteiger partial charge is 0.481 e. The summed E-state index contributed by atoms with van der Waals surface area (Å²) < 4.78 is 0.639. The highest BCUT2D eigenvalue weighted by Gasteiger charge is 2.27. The minimum atomic E-state index is -0.826. The molecule has 0 bridgehead atoms. The Kier molecular flexibility index (Phi) is 25.1. The van der Waals surface area contributed by atoms with Gasteiger partial charge in [0.25, 0.3) is 0 Å². The Morgan fingerprint density at radius 1 is 0.462 bits per heavy atom. The zero-order valence-corrected chi connectivity index (χ0v) is 25.1. The first-order valence-electron chi connectivity index (χ1n) is 16.0. The lowest BCUT2D eigenvalue weighted by atomic mass is 10.1. The van der Waals surface area contributed by atoms with Crippen LogP contribution >= 0.6 is 0 Å². The van der Waals surface area contributed by atoms with Crippen LogP contribution in [0.3, 0.4) is 0 Å². The Bertz CT molecular complexity index is 598. The molecule has 0 rings (SSSR count). The molecule has 0 unspecified atom stereocenters. The first kappa shape index (κ1) is 37.1. The lowest BCUT2D eigenvalue weighted by Crippen LogP contribution is -2.51. The maximum atomic E-state index is 11.1. The fourth-order valence-corrected chi connectivity index (χ4v) is 5.42. The molecule has 0 heterocycles. The van der Waals surface area contributed by atoms with Crippen LogP contribution in [0.25, 0.3) is 0 Å². The number of hydrogen-bond donors (Lipinski definition) is 3. The minimum absolute atomic E-state index is 0.0901. The number of carbonyl (C=O) groups is 3. The van der Waals surface area contributed by atoms with Gasteiger partial charge in [-0.05, 0) is 38.5 Å². The molecular formula is C32H60NO6+. The molecule has 39 heavy (non-hydrogen) atoms. The quantitative estimate of drug-likeness (QED) is 0.0468. The molecule has 0 saturated heterocycles. The van der Waals surface area contributed by atoms with E-state index >= 15 is 0 Å². The van der Waals surface area contributed by atoms with Crippen molar-refractivity contribution < 1.29 is 34.2 Å². The highest BCUT2D eigenvalue weighted by molar-refractivity contribution is 5.67. The number of hydrogen-bond acceptors (Lipinski definition) is 3. The molecule has 7 heteroatoms. The Morgan fingerprint density at radius 3 is 1.13 bits per heavy atom. The molecule has 0 aromatic heterocycles. The molecule has 0 aliphatic heterocycles. The van der Waals surface area contributed by atoms with Crippen LogP contribution in [0, 0.1) is 0 Å². The van der Waals surface area contributed by atoms with Crippen molar-refractivity contribution in [1.29, 1.82) is 0 Å². The van der Waals surface area contributed by atoms with Crippen molar-refractivity contribution in [3.05, 3.63) is 12.2 Å². The average Bonchev–Trinajstić information content (AvgIpc) is 2.87. The third-order valence-corrected chi connectivity index (χ3v) is 7.71. The summed E-state index contributed by atoms with van der Waals surface area (Å²) in [5.41, 5.74) is 0. The fraction of sp³-hybridized carbons (Fsp3) is 0.844. The Labute approximate surface area is 238 Å². The van der Waals surface area contributed by atoms with E-state index in [1.807, 2.05) is 0 Å². The number of carboxylic acids is 3. The lowest BCUT2D eigenvalue weighted by Gasteiger charge is -2.39.